The number of nitrogens with zero attached hydrogens (tertiary/aromatic N) is 2. The van der Waals surface area contributed by atoms with Crippen LogP contribution in [-0.2, 0) is 20.8 Å². The third-order valence-electron chi connectivity index (χ3n) is 5.91. The molecule has 6 heteroatoms. The lowest BCUT2D eigenvalue weighted by molar-refractivity contribution is -0.132. The summed E-state index contributed by atoms with van der Waals surface area (Å²) in [6.07, 6.45) is 5.28. The van der Waals surface area contributed by atoms with Crippen LogP contribution in [-0.4, -0.2) is 36.8 Å². The van der Waals surface area contributed by atoms with Gasteiger partial charge in [0, 0.05) is 30.9 Å². The van der Waals surface area contributed by atoms with Crippen LogP contribution in [0.5, 0.6) is 0 Å². The van der Waals surface area contributed by atoms with Gasteiger partial charge in [-0.05, 0) is 49.4 Å². The van der Waals surface area contributed by atoms with Crippen molar-refractivity contribution >= 4 is 23.1 Å². The predicted molar refractivity (Wildman–Crippen MR) is 107 cm³/mol. The first kappa shape index (κ1) is 17.6. The number of hydrogen-bond donors (Lipinski definition) is 1. The van der Waals surface area contributed by atoms with Crippen molar-refractivity contribution in [3.05, 3.63) is 47.7 Å². The molecule has 28 heavy (non-hydrogen) atoms. The van der Waals surface area contributed by atoms with Crippen LogP contribution in [0.2, 0.25) is 0 Å². The average molecular weight is 379 g/mol. The van der Waals surface area contributed by atoms with Crippen molar-refractivity contribution in [2.75, 3.05) is 30.0 Å². The Morgan fingerprint density at radius 3 is 2.96 bits per heavy atom. The minimum Gasteiger partial charge on any atom is -0.381 e. The van der Waals surface area contributed by atoms with Crippen LogP contribution in [0.15, 0.2) is 36.5 Å². The summed E-state index contributed by atoms with van der Waals surface area (Å²) in [7, 11) is 0. The van der Waals surface area contributed by atoms with Gasteiger partial charge < -0.3 is 19.7 Å². The average Bonchev–Trinajstić information content (AvgIpc) is 3.23. The van der Waals surface area contributed by atoms with E-state index in [1.807, 2.05) is 17.0 Å². The lowest BCUT2D eigenvalue weighted by atomic mass is 9.97. The van der Waals surface area contributed by atoms with E-state index in [0.29, 0.717) is 19.1 Å². The molecule has 4 heterocycles. The van der Waals surface area contributed by atoms with Crippen LogP contribution in [0.25, 0.3) is 0 Å². The number of aromatic nitrogens is 1. The van der Waals surface area contributed by atoms with Gasteiger partial charge in [0.1, 0.15) is 11.9 Å². The fourth-order valence-electron chi connectivity index (χ4n) is 4.30. The minimum absolute atomic E-state index is 0.0410. The SMILES string of the molecule is O=C([C@H]1CCCCO1)N1Cc2cccnc2Nc2ccc(C3CCOC3)cc21. The summed E-state index contributed by atoms with van der Waals surface area (Å²) < 4.78 is 11.4. The smallest absolute Gasteiger partial charge is 0.256 e. The Hall–Kier alpha value is -2.44. The second kappa shape index (κ2) is 7.53. The Balaban J connectivity index is 1.55. The van der Waals surface area contributed by atoms with Gasteiger partial charge in [0.05, 0.1) is 24.5 Å². The maximum absolute atomic E-state index is 13.4. The van der Waals surface area contributed by atoms with E-state index >= 15 is 0 Å². The van der Waals surface area contributed by atoms with Crippen molar-refractivity contribution in [3.8, 4) is 0 Å². The molecule has 2 aromatic rings. The molecule has 1 unspecified atom stereocenters. The molecule has 2 fully saturated rings. The van der Waals surface area contributed by atoms with Crippen LogP contribution in [0.1, 0.15) is 42.7 Å². The Bertz CT molecular complexity index is 873. The molecular formula is C22H25N3O3. The van der Waals surface area contributed by atoms with Crippen molar-refractivity contribution in [1.82, 2.24) is 4.98 Å². The minimum atomic E-state index is -0.363. The fraction of sp³-hybridized carbons (Fsp3) is 0.455. The first-order chi connectivity index (χ1) is 13.8. The monoisotopic (exact) mass is 379 g/mol. The topological polar surface area (TPSA) is 63.7 Å². The lowest BCUT2D eigenvalue weighted by Gasteiger charge is -2.30. The van der Waals surface area contributed by atoms with Gasteiger partial charge in [-0.2, -0.15) is 0 Å². The summed E-state index contributed by atoms with van der Waals surface area (Å²) in [5, 5.41) is 3.43. The first-order valence-electron chi connectivity index (χ1n) is 10.2. The normalized spacial score (nSPS) is 24.1. The third-order valence-corrected chi connectivity index (χ3v) is 5.91. The van der Waals surface area contributed by atoms with Gasteiger partial charge in [-0.25, -0.2) is 4.98 Å². The molecule has 3 aliphatic rings. The highest BCUT2D eigenvalue weighted by Crippen LogP contribution is 2.39. The molecule has 6 nitrogen and oxygen atoms in total. The van der Waals surface area contributed by atoms with Crippen molar-refractivity contribution in [2.45, 2.75) is 44.2 Å². The zero-order chi connectivity index (χ0) is 18.9. The number of rotatable bonds is 2. The molecule has 0 radical (unpaired) electrons. The number of nitrogens with one attached hydrogen (secondary N) is 1. The van der Waals surface area contributed by atoms with Crippen LogP contribution in [0.3, 0.4) is 0 Å². The van der Waals surface area contributed by atoms with Gasteiger partial charge in [-0.3, -0.25) is 4.79 Å². The quantitative estimate of drug-likeness (QED) is 0.861. The molecule has 1 N–H and O–H groups in total. The lowest BCUT2D eigenvalue weighted by Crippen LogP contribution is -2.41. The van der Waals surface area contributed by atoms with Crippen LogP contribution in [0, 0.1) is 0 Å². The van der Waals surface area contributed by atoms with Crippen molar-refractivity contribution < 1.29 is 14.3 Å². The number of amides is 1. The molecular weight excluding hydrogens is 354 g/mol. The van der Waals surface area contributed by atoms with Crippen molar-refractivity contribution in [2.24, 2.45) is 0 Å². The number of ether oxygens (including phenoxy) is 2. The standard InChI is InChI=1S/C22H25N3O3/c26-22(20-5-1-2-10-28-20)25-13-16-4-3-9-23-21(16)24-18-7-6-15(12-19(18)25)17-8-11-27-14-17/h3-4,6-7,9,12,17,20H,1-2,5,8,10-11,13-14H2,(H,23,24)/t17?,20-/m1/s1. The van der Waals surface area contributed by atoms with Gasteiger partial charge in [-0.15, -0.1) is 0 Å². The molecule has 3 aliphatic heterocycles. The fourth-order valence-corrected chi connectivity index (χ4v) is 4.30. The molecule has 1 aromatic heterocycles. The van der Waals surface area contributed by atoms with Gasteiger partial charge in [0.25, 0.3) is 5.91 Å². The van der Waals surface area contributed by atoms with E-state index in [1.54, 1.807) is 6.20 Å². The van der Waals surface area contributed by atoms with Crippen LogP contribution in [0.4, 0.5) is 17.2 Å². The van der Waals surface area contributed by atoms with Crippen molar-refractivity contribution in [1.29, 1.82) is 0 Å². The van der Waals surface area contributed by atoms with Gasteiger partial charge in [0.2, 0.25) is 0 Å². The Morgan fingerprint density at radius 2 is 2.14 bits per heavy atom. The van der Waals surface area contributed by atoms with Crippen LogP contribution < -0.4 is 10.2 Å². The molecule has 0 aliphatic carbocycles. The molecule has 0 saturated carbocycles. The third kappa shape index (κ3) is 3.27. The Kier molecular flexibility index (Phi) is 4.74. The second-order valence-corrected chi connectivity index (χ2v) is 7.75. The van der Waals surface area contributed by atoms with Gasteiger partial charge in [-0.1, -0.05) is 12.1 Å². The van der Waals surface area contributed by atoms with E-state index in [9.17, 15) is 4.79 Å². The number of anilines is 3. The summed E-state index contributed by atoms with van der Waals surface area (Å²) in [4.78, 5) is 19.8. The molecule has 2 saturated heterocycles. The van der Waals surface area contributed by atoms with E-state index in [2.05, 4.69) is 28.5 Å². The highest BCUT2D eigenvalue weighted by Gasteiger charge is 2.32. The van der Waals surface area contributed by atoms with E-state index in [-0.39, 0.29) is 12.0 Å². The summed E-state index contributed by atoms with van der Waals surface area (Å²) in [6, 6.07) is 10.3. The van der Waals surface area contributed by atoms with E-state index in [1.165, 1.54) is 5.56 Å². The highest BCUT2D eigenvalue weighted by atomic mass is 16.5. The maximum Gasteiger partial charge on any atom is 0.256 e. The van der Waals surface area contributed by atoms with E-state index in [0.717, 1.165) is 61.7 Å². The molecule has 2 atom stereocenters. The number of carbonyl (C=O) groups excluding carboxylic acids is 1. The summed E-state index contributed by atoms with van der Waals surface area (Å²) in [6.45, 7) is 2.70. The van der Waals surface area contributed by atoms with Gasteiger partial charge in [0.15, 0.2) is 0 Å². The summed E-state index contributed by atoms with van der Waals surface area (Å²) >= 11 is 0. The summed E-state index contributed by atoms with van der Waals surface area (Å²) in [5.41, 5.74) is 4.04. The Morgan fingerprint density at radius 1 is 1.18 bits per heavy atom. The Labute approximate surface area is 164 Å². The first-order valence-corrected chi connectivity index (χ1v) is 10.2. The summed E-state index contributed by atoms with van der Waals surface area (Å²) in [5.74, 6) is 1.23. The molecule has 0 spiro atoms. The number of fused-ring (bicyclic) bond motifs is 2. The van der Waals surface area contributed by atoms with E-state index < -0.39 is 0 Å². The zero-order valence-corrected chi connectivity index (χ0v) is 15.9. The zero-order valence-electron chi connectivity index (χ0n) is 15.9. The predicted octanol–water partition coefficient (Wildman–Crippen LogP) is 3.74. The maximum atomic E-state index is 13.4. The van der Waals surface area contributed by atoms with E-state index in [4.69, 9.17) is 9.47 Å². The number of carbonyl (C=O) groups is 1. The second-order valence-electron chi connectivity index (χ2n) is 7.75. The highest BCUT2D eigenvalue weighted by molar-refractivity contribution is 6.00. The molecule has 0 bridgehead atoms. The number of hydrogen-bond acceptors (Lipinski definition) is 5. The molecule has 146 valence electrons. The van der Waals surface area contributed by atoms with Crippen molar-refractivity contribution in [3.63, 3.8) is 0 Å². The number of pyridine rings is 1. The molecule has 1 amide bonds. The number of benzene rings is 1. The molecule has 5 rings (SSSR count). The molecule has 1 aromatic carbocycles. The van der Waals surface area contributed by atoms with Gasteiger partial charge >= 0.3 is 0 Å². The largest absolute Gasteiger partial charge is 0.381 e. The van der Waals surface area contributed by atoms with Crippen LogP contribution >= 0.6 is 0 Å².